The number of nitrogens with zero attached hydrogens (tertiary/aromatic N) is 1. The van der Waals surface area contributed by atoms with Crippen LogP contribution in [0.4, 0.5) is 4.39 Å². The minimum absolute atomic E-state index is 0.0779. The van der Waals surface area contributed by atoms with Crippen molar-refractivity contribution >= 4 is 11.6 Å². The number of benzene rings is 1. The van der Waals surface area contributed by atoms with Crippen LogP contribution in [0.2, 0.25) is 5.02 Å². The Labute approximate surface area is 128 Å². The summed E-state index contributed by atoms with van der Waals surface area (Å²) in [5.41, 5.74) is 9.19. The Morgan fingerprint density at radius 2 is 2.10 bits per heavy atom. The topological polar surface area (TPSA) is 48.1 Å². The predicted octanol–water partition coefficient (Wildman–Crippen LogP) is 3.74. The second-order valence-corrected chi connectivity index (χ2v) is 5.41. The van der Waals surface area contributed by atoms with Crippen molar-refractivity contribution in [2.24, 2.45) is 5.73 Å². The van der Waals surface area contributed by atoms with Crippen LogP contribution in [-0.2, 0) is 6.42 Å². The van der Waals surface area contributed by atoms with Crippen LogP contribution >= 0.6 is 11.6 Å². The summed E-state index contributed by atoms with van der Waals surface area (Å²) in [7, 11) is 1.62. The lowest BCUT2D eigenvalue weighted by Gasteiger charge is -2.17. The molecule has 2 rings (SSSR count). The van der Waals surface area contributed by atoms with E-state index in [1.807, 2.05) is 13.8 Å². The Morgan fingerprint density at radius 1 is 1.38 bits per heavy atom. The summed E-state index contributed by atoms with van der Waals surface area (Å²) < 4.78 is 19.4. The molecule has 0 aliphatic rings. The molecule has 1 aromatic carbocycles. The minimum Gasteiger partial charge on any atom is -0.496 e. The van der Waals surface area contributed by atoms with E-state index in [1.54, 1.807) is 25.4 Å². The van der Waals surface area contributed by atoms with Gasteiger partial charge in [0.05, 0.1) is 12.1 Å². The molecule has 112 valence electrons. The molecule has 0 saturated heterocycles. The van der Waals surface area contributed by atoms with Crippen LogP contribution in [0.15, 0.2) is 24.4 Å². The maximum atomic E-state index is 14.0. The van der Waals surface area contributed by atoms with E-state index >= 15 is 0 Å². The SMILES string of the molecule is COc1c(C)cnc(CC(N)c2cccc(Cl)c2F)c1C. The summed E-state index contributed by atoms with van der Waals surface area (Å²) in [6.45, 7) is 3.86. The number of pyridine rings is 1. The monoisotopic (exact) mass is 308 g/mol. The zero-order chi connectivity index (χ0) is 15.6. The normalized spacial score (nSPS) is 12.3. The fourth-order valence-corrected chi connectivity index (χ4v) is 2.58. The van der Waals surface area contributed by atoms with Crippen LogP contribution in [-0.4, -0.2) is 12.1 Å². The third-order valence-corrected chi connectivity index (χ3v) is 3.84. The van der Waals surface area contributed by atoms with Gasteiger partial charge < -0.3 is 10.5 Å². The van der Waals surface area contributed by atoms with Gasteiger partial charge in [-0.1, -0.05) is 23.7 Å². The van der Waals surface area contributed by atoms with Gasteiger partial charge in [-0.15, -0.1) is 0 Å². The second kappa shape index (κ2) is 6.41. The fraction of sp³-hybridized carbons (Fsp3) is 0.312. The van der Waals surface area contributed by atoms with Gasteiger partial charge >= 0.3 is 0 Å². The van der Waals surface area contributed by atoms with Gasteiger partial charge in [0.2, 0.25) is 0 Å². The van der Waals surface area contributed by atoms with Crippen molar-refractivity contribution < 1.29 is 9.13 Å². The number of halogens is 2. The molecule has 0 aliphatic heterocycles. The van der Waals surface area contributed by atoms with Crippen molar-refractivity contribution in [2.75, 3.05) is 7.11 Å². The maximum absolute atomic E-state index is 14.0. The molecule has 0 spiro atoms. The van der Waals surface area contributed by atoms with Crippen molar-refractivity contribution in [3.63, 3.8) is 0 Å². The standard InChI is InChI=1S/C16H18ClFN2O/c1-9-8-20-14(10(2)16(9)21-3)7-13(19)11-5-4-6-12(17)15(11)18/h4-6,8,13H,7,19H2,1-3H3. The number of aryl methyl sites for hydroxylation is 1. The summed E-state index contributed by atoms with van der Waals surface area (Å²) in [6, 6.07) is 4.33. The summed E-state index contributed by atoms with van der Waals surface area (Å²) >= 11 is 5.79. The van der Waals surface area contributed by atoms with Crippen molar-refractivity contribution in [1.29, 1.82) is 0 Å². The first-order chi connectivity index (χ1) is 9.95. The highest BCUT2D eigenvalue weighted by Crippen LogP contribution is 2.28. The quantitative estimate of drug-likeness (QED) is 0.936. The molecule has 1 aromatic heterocycles. The molecule has 2 N–H and O–H groups in total. The molecule has 0 saturated carbocycles. The molecule has 0 bridgehead atoms. The molecular weight excluding hydrogens is 291 g/mol. The highest BCUT2D eigenvalue weighted by atomic mass is 35.5. The molecule has 1 heterocycles. The first-order valence-electron chi connectivity index (χ1n) is 6.64. The second-order valence-electron chi connectivity index (χ2n) is 5.00. The van der Waals surface area contributed by atoms with Crippen LogP contribution < -0.4 is 10.5 Å². The van der Waals surface area contributed by atoms with E-state index in [9.17, 15) is 4.39 Å². The highest BCUT2D eigenvalue weighted by Gasteiger charge is 2.17. The Kier molecular flexibility index (Phi) is 4.80. The summed E-state index contributed by atoms with van der Waals surface area (Å²) in [5.74, 6) is 0.321. The summed E-state index contributed by atoms with van der Waals surface area (Å²) in [6.07, 6.45) is 2.15. The number of aromatic nitrogens is 1. The van der Waals surface area contributed by atoms with Gasteiger partial charge in [0.25, 0.3) is 0 Å². The average Bonchev–Trinajstić information content (AvgIpc) is 2.45. The molecule has 1 unspecified atom stereocenters. The number of nitrogens with two attached hydrogens (primary N) is 1. The lowest BCUT2D eigenvalue weighted by atomic mass is 9.99. The largest absolute Gasteiger partial charge is 0.496 e. The van der Waals surface area contributed by atoms with Crippen molar-refractivity contribution in [3.8, 4) is 5.75 Å². The molecular formula is C16H18ClFN2O. The fourth-order valence-electron chi connectivity index (χ4n) is 2.40. The molecule has 21 heavy (non-hydrogen) atoms. The van der Waals surface area contributed by atoms with E-state index in [4.69, 9.17) is 22.1 Å². The molecule has 0 aliphatic carbocycles. The third kappa shape index (κ3) is 3.17. The average molecular weight is 309 g/mol. The predicted molar refractivity (Wildman–Crippen MR) is 82.3 cm³/mol. The molecule has 5 heteroatoms. The highest BCUT2D eigenvalue weighted by molar-refractivity contribution is 6.30. The van der Waals surface area contributed by atoms with Crippen molar-refractivity contribution in [3.05, 3.63) is 57.6 Å². The maximum Gasteiger partial charge on any atom is 0.146 e. The van der Waals surface area contributed by atoms with Crippen LogP contribution in [0.5, 0.6) is 5.75 Å². The van der Waals surface area contributed by atoms with E-state index in [0.717, 1.165) is 22.6 Å². The van der Waals surface area contributed by atoms with E-state index in [1.165, 1.54) is 6.07 Å². The van der Waals surface area contributed by atoms with Gasteiger partial charge in [-0.25, -0.2) is 4.39 Å². The Hall–Kier alpha value is -1.65. The number of ether oxygens (including phenoxy) is 1. The number of hydrogen-bond donors (Lipinski definition) is 1. The zero-order valence-corrected chi connectivity index (χ0v) is 13.0. The van der Waals surface area contributed by atoms with Crippen LogP contribution in [0, 0.1) is 19.7 Å². The van der Waals surface area contributed by atoms with Crippen molar-refractivity contribution in [2.45, 2.75) is 26.3 Å². The first-order valence-corrected chi connectivity index (χ1v) is 7.02. The van der Waals surface area contributed by atoms with E-state index < -0.39 is 11.9 Å². The van der Waals surface area contributed by atoms with Gasteiger partial charge in [0.1, 0.15) is 11.6 Å². The van der Waals surface area contributed by atoms with Gasteiger partial charge in [-0.3, -0.25) is 4.98 Å². The number of hydrogen-bond acceptors (Lipinski definition) is 3. The molecule has 0 fully saturated rings. The molecule has 1 atom stereocenters. The summed E-state index contributed by atoms with van der Waals surface area (Å²) in [4.78, 5) is 4.39. The Bertz CT molecular complexity index is 661. The van der Waals surface area contributed by atoms with Crippen LogP contribution in [0.1, 0.15) is 28.4 Å². The van der Waals surface area contributed by atoms with Crippen LogP contribution in [0.25, 0.3) is 0 Å². The Morgan fingerprint density at radius 3 is 2.76 bits per heavy atom. The zero-order valence-electron chi connectivity index (χ0n) is 12.3. The van der Waals surface area contributed by atoms with E-state index in [0.29, 0.717) is 12.0 Å². The molecule has 2 aromatic rings. The van der Waals surface area contributed by atoms with Gasteiger partial charge in [-0.2, -0.15) is 0 Å². The summed E-state index contributed by atoms with van der Waals surface area (Å²) in [5, 5.41) is 0.0779. The van der Waals surface area contributed by atoms with Gasteiger partial charge in [-0.05, 0) is 19.9 Å². The Balaban J connectivity index is 2.32. The van der Waals surface area contributed by atoms with Gasteiger partial charge in [0.15, 0.2) is 0 Å². The number of rotatable bonds is 4. The van der Waals surface area contributed by atoms with Crippen molar-refractivity contribution in [1.82, 2.24) is 4.98 Å². The molecule has 3 nitrogen and oxygen atoms in total. The molecule has 0 radical (unpaired) electrons. The first kappa shape index (κ1) is 15.7. The minimum atomic E-state index is -0.512. The van der Waals surface area contributed by atoms with E-state index in [-0.39, 0.29) is 5.02 Å². The smallest absolute Gasteiger partial charge is 0.146 e. The van der Waals surface area contributed by atoms with E-state index in [2.05, 4.69) is 4.98 Å². The molecule has 0 amide bonds. The van der Waals surface area contributed by atoms with Gasteiger partial charge in [0, 0.05) is 41.0 Å². The third-order valence-electron chi connectivity index (χ3n) is 3.54. The van der Waals surface area contributed by atoms with Crippen LogP contribution in [0.3, 0.4) is 0 Å². The lowest BCUT2D eigenvalue weighted by Crippen LogP contribution is -2.17. The lowest BCUT2D eigenvalue weighted by molar-refractivity contribution is 0.406. The number of methoxy groups -OCH3 is 1.